The minimum Gasteiger partial charge on any atom is -0.468 e. The maximum atomic E-state index is 11.7. The van der Waals surface area contributed by atoms with Crippen LogP contribution in [-0.4, -0.2) is 17.4 Å². The van der Waals surface area contributed by atoms with Gasteiger partial charge in [-0.15, -0.1) is 0 Å². The van der Waals surface area contributed by atoms with Crippen LogP contribution in [0.5, 0.6) is 0 Å². The molecule has 2 bridgehead atoms. The lowest BCUT2D eigenvalue weighted by Crippen LogP contribution is -2.46. The lowest BCUT2D eigenvalue weighted by Gasteiger charge is -2.44. The zero-order valence-corrected chi connectivity index (χ0v) is 10.2. The second-order valence-electron chi connectivity index (χ2n) is 4.62. The van der Waals surface area contributed by atoms with E-state index in [1.165, 1.54) is 39.2 Å². The molecule has 2 fully saturated rings. The number of carbonyl (C=O) groups is 1. The van der Waals surface area contributed by atoms with Crippen LogP contribution in [0.15, 0.2) is 0 Å². The zero-order valence-electron chi connectivity index (χ0n) is 8.59. The first-order chi connectivity index (χ1) is 6.66. The predicted molar refractivity (Wildman–Crippen MR) is 58.4 cm³/mol. The van der Waals surface area contributed by atoms with Crippen LogP contribution in [0.25, 0.3) is 0 Å². The quantitative estimate of drug-likeness (QED) is 0.536. The molecule has 3 atom stereocenters. The zero-order chi connectivity index (χ0) is 10.2. The molecule has 0 N–H and O–H groups in total. The molecule has 2 rings (SSSR count). The molecule has 3 heteroatoms. The van der Waals surface area contributed by atoms with E-state index >= 15 is 0 Å². The molecule has 0 radical (unpaired) electrons. The summed E-state index contributed by atoms with van der Waals surface area (Å²) in [7, 11) is 1.49. The van der Waals surface area contributed by atoms with Gasteiger partial charge in [-0.3, -0.25) is 4.79 Å². The molecule has 3 unspecified atom stereocenters. The van der Waals surface area contributed by atoms with E-state index in [4.69, 9.17) is 4.74 Å². The first-order valence-electron chi connectivity index (χ1n) is 5.44. The Morgan fingerprint density at radius 2 is 2.21 bits per heavy atom. The fourth-order valence-electron chi connectivity index (χ4n) is 3.03. The first kappa shape index (κ1) is 10.5. The predicted octanol–water partition coefficient (Wildman–Crippen LogP) is 2.89. The second kappa shape index (κ2) is 3.84. The van der Waals surface area contributed by atoms with Crippen molar-refractivity contribution in [3.63, 3.8) is 0 Å². The summed E-state index contributed by atoms with van der Waals surface area (Å²) in [6, 6.07) is 0. The molecule has 0 saturated heterocycles. The van der Waals surface area contributed by atoms with Crippen LogP contribution >= 0.6 is 15.9 Å². The molecular weight excluding hydrogens is 244 g/mol. The maximum Gasteiger partial charge on any atom is 0.322 e. The number of ether oxygens (including phenoxy) is 1. The molecule has 0 aromatic carbocycles. The van der Waals surface area contributed by atoms with E-state index in [1.807, 2.05) is 0 Å². The van der Waals surface area contributed by atoms with Gasteiger partial charge in [0.25, 0.3) is 0 Å². The lowest BCUT2D eigenvalue weighted by atomic mass is 9.67. The Balaban J connectivity index is 2.15. The van der Waals surface area contributed by atoms with Crippen LogP contribution in [0, 0.1) is 11.8 Å². The van der Waals surface area contributed by atoms with Crippen LogP contribution in [0.4, 0.5) is 0 Å². The molecule has 0 heterocycles. The van der Waals surface area contributed by atoms with E-state index < -0.39 is 0 Å². The van der Waals surface area contributed by atoms with Gasteiger partial charge in [0.05, 0.1) is 7.11 Å². The molecule has 14 heavy (non-hydrogen) atoms. The Bertz CT molecular complexity index is 241. The Kier molecular flexibility index (Phi) is 2.87. The van der Waals surface area contributed by atoms with Gasteiger partial charge < -0.3 is 4.74 Å². The number of halogens is 1. The lowest BCUT2D eigenvalue weighted by molar-refractivity contribution is -0.146. The summed E-state index contributed by atoms with van der Waals surface area (Å²) in [5.41, 5.74) is 0. The highest BCUT2D eigenvalue weighted by Crippen LogP contribution is 2.50. The topological polar surface area (TPSA) is 26.3 Å². The number of hydrogen-bond donors (Lipinski definition) is 0. The minimum atomic E-state index is -0.362. The molecule has 0 spiro atoms. The molecule has 2 aliphatic rings. The second-order valence-corrected chi connectivity index (χ2v) is 6.04. The molecule has 2 nitrogen and oxygen atoms in total. The summed E-state index contributed by atoms with van der Waals surface area (Å²) < 4.78 is 4.54. The number of methoxy groups -OCH3 is 1. The maximum absolute atomic E-state index is 11.7. The minimum absolute atomic E-state index is 0.0668. The molecule has 0 amide bonds. The number of fused-ring (bicyclic) bond motifs is 2. The van der Waals surface area contributed by atoms with Crippen molar-refractivity contribution in [3.05, 3.63) is 0 Å². The van der Waals surface area contributed by atoms with Crippen LogP contribution in [0.2, 0.25) is 0 Å². The van der Waals surface area contributed by atoms with Crippen LogP contribution in [0.3, 0.4) is 0 Å². The molecule has 2 aliphatic carbocycles. The number of carbonyl (C=O) groups excluding carboxylic acids is 1. The average Bonchev–Trinajstić information content (AvgIpc) is 2.24. The molecule has 80 valence electrons. The highest BCUT2D eigenvalue weighted by molar-refractivity contribution is 9.10. The van der Waals surface area contributed by atoms with Crippen LogP contribution in [0.1, 0.15) is 38.5 Å². The Morgan fingerprint density at radius 1 is 1.43 bits per heavy atom. The Morgan fingerprint density at radius 3 is 2.93 bits per heavy atom. The first-order valence-corrected chi connectivity index (χ1v) is 6.23. The number of alkyl halides is 1. The number of hydrogen-bond acceptors (Lipinski definition) is 2. The van der Waals surface area contributed by atoms with Crippen molar-refractivity contribution in [1.29, 1.82) is 0 Å². The van der Waals surface area contributed by atoms with Gasteiger partial charge in [-0.1, -0.05) is 28.8 Å². The Hall–Kier alpha value is -0.0500. The molecular formula is C11H17BrO2. The van der Waals surface area contributed by atoms with Gasteiger partial charge in [-0.2, -0.15) is 0 Å². The van der Waals surface area contributed by atoms with Crippen molar-refractivity contribution in [2.45, 2.75) is 42.8 Å². The summed E-state index contributed by atoms with van der Waals surface area (Å²) in [6.07, 6.45) is 7.16. The fourth-order valence-corrected chi connectivity index (χ4v) is 3.83. The van der Waals surface area contributed by atoms with E-state index in [0.717, 1.165) is 12.3 Å². The molecule has 2 saturated carbocycles. The van der Waals surface area contributed by atoms with E-state index in [1.54, 1.807) is 0 Å². The van der Waals surface area contributed by atoms with Crippen molar-refractivity contribution in [3.8, 4) is 0 Å². The standard InChI is InChI=1S/C11H17BrO2/c1-14-10(13)11(12)6-5-8-3-2-4-9(11)7-8/h8-9H,2-7H2,1H3. The van der Waals surface area contributed by atoms with E-state index in [9.17, 15) is 4.79 Å². The van der Waals surface area contributed by atoms with Crippen molar-refractivity contribution in [2.75, 3.05) is 7.11 Å². The van der Waals surface area contributed by atoms with Crippen LogP contribution < -0.4 is 0 Å². The largest absolute Gasteiger partial charge is 0.468 e. The van der Waals surface area contributed by atoms with E-state index in [-0.39, 0.29) is 10.3 Å². The highest BCUT2D eigenvalue weighted by atomic mass is 79.9. The third kappa shape index (κ3) is 1.60. The summed E-state index contributed by atoms with van der Waals surface area (Å²) in [5, 5.41) is 0. The summed E-state index contributed by atoms with van der Waals surface area (Å²) >= 11 is 3.63. The highest BCUT2D eigenvalue weighted by Gasteiger charge is 2.49. The molecule has 0 aromatic rings. The summed E-state index contributed by atoms with van der Waals surface area (Å²) in [4.78, 5) is 11.7. The number of esters is 1. The van der Waals surface area contributed by atoms with Gasteiger partial charge in [0, 0.05) is 0 Å². The van der Waals surface area contributed by atoms with E-state index in [2.05, 4.69) is 15.9 Å². The van der Waals surface area contributed by atoms with Crippen molar-refractivity contribution < 1.29 is 9.53 Å². The molecule has 0 aliphatic heterocycles. The van der Waals surface area contributed by atoms with Gasteiger partial charge >= 0.3 is 5.97 Å². The van der Waals surface area contributed by atoms with Crippen molar-refractivity contribution >= 4 is 21.9 Å². The van der Waals surface area contributed by atoms with Crippen molar-refractivity contribution in [2.24, 2.45) is 11.8 Å². The monoisotopic (exact) mass is 260 g/mol. The summed E-state index contributed by atoms with van der Waals surface area (Å²) in [6.45, 7) is 0. The number of rotatable bonds is 1. The van der Waals surface area contributed by atoms with Crippen LogP contribution in [-0.2, 0) is 9.53 Å². The SMILES string of the molecule is COC(=O)C1(Br)CCC2CCCC1C2. The van der Waals surface area contributed by atoms with Gasteiger partial charge in [-0.05, 0) is 37.5 Å². The van der Waals surface area contributed by atoms with Gasteiger partial charge in [-0.25, -0.2) is 0 Å². The normalized spacial score (nSPS) is 41.9. The third-order valence-electron chi connectivity index (χ3n) is 3.87. The fraction of sp³-hybridized carbons (Fsp3) is 0.909. The smallest absolute Gasteiger partial charge is 0.322 e. The average molecular weight is 261 g/mol. The summed E-state index contributed by atoms with van der Waals surface area (Å²) in [5.74, 6) is 1.30. The van der Waals surface area contributed by atoms with Crippen molar-refractivity contribution in [1.82, 2.24) is 0 Å². The molecule has 0 aromatic heterocycles. The van der Waals surface area contributed by atoms with Gasteiger partial charge in [0.1, 0.15) is 4.32 Å². The van der Waals surface area contributed by atoms with Gasteiger partial charge in [0.2, 0.25) is 0 Å². The Labute approximate surface area is 93.5 Å². The van der Waals surface area contributed by atoms with Gasteiger partial charge in [0.15, 0.2) is 0 Å². The third-order valence-corrected chi connectivity index (χ3v) is 5.24. The van der Waals surface area contributed by atoms with E-state index in [0.29, 0.717) is 5.92 Å².